The molecular formula is C15H21N3O3S. The van der Waals surface area contributed by atoms with Crippen LogP contribution in [0, 0.1) is 12.8 Å². The predicted molar refractivity (Wildman–Crippen MR) is 83.0 cm³/mol. The van der Waals surface area contributed by atoms with Gasteiger partial charge in [0.25, 0.3) is 10.0 Å². The van der Waals surface area contributed by atoms with Crippen LogP contribution in [0.1, 0.15) is 24.8 Å². The zero-order valence-electron chi connectivity index (χ0n) is 12.6. The lowest BCUT2D eigenvalue weighted by atomic mass is 9.91. The molecule has 6 nitrogen and oxygen atoms in total. The summed E-state index contributed by atoms with van der Waals surface area (Å²) in [7, 11) is -3.83. The summed E-state index contributed by atoms with van der Waals surface area (Å²) in [4.78, 5) is 12.3. The van der Waals surface area contributed by atoms with Gasteiger partial charge in [0.2, 0.25) is 0 Å². The van der Waals surface area contributed by atoms with Crippen LogP contribution in [0.25, 0.3) is 0 Å². The number of benzene rings is 1. The van der Waals surface area contributed by atoms with E-state index in [9.17, 15) is 13.2 Å². The molecule has 0 bridgehead atoms. The molecule has 1 saturated carbocycles. The van der Waals surface area contributed by atoms with Crippen molar-refractivity contribution >= 4 is 16.1 Å². The van der Waals surface area contributed by atoms with Gasteiger partial charge in [-0.3, -0.25) is 0 Å². The molecule has 3 N–H and O–H groups in total. The Labute approximate surface area is 130 Å². The number of urea groups is 1. The van der Waals surface area contributed by atoms with Crippen molar-refractivity contribution in [1.82, 2.24) is 15.4 Å². The smallest absolute Gasteiger partial charge is 0.329 e. The van der Waals surface area contributed by atoms with Crippen LogP contribution in [0.3, 0.4) is 0 Å². The third-order valence-corrected chi connectivity index (χ3v) is 6.06. The van der Waals surface area contributed by atoms with Crippen molar-refractivity contribution in [3.8, 4) is 0 Å². The van der Waals surface area contributed by atoms with Crippen LogP contribution in [0.4, 0.5) is 4.79 Å². The van der Waals surface area contributed by atoms with Crippen molar-refractivity contribution in [2.45, 2.75) is 36.6 Å². The second kappa shape index (κ2) is 5.55. The van der Waals surface area contributed by atoms with E-state index >= 15 is 0 Å². The van der Waals surface area contributed by atoms with Crippen LogP contribution in [0.5, 0.6) is 0 Å². The molecule has 1 saturated heterocycles. The predicted octanol–water partition coefficient (Wildman–Crippen LogP) is 1.13. The highest BCUT2D eigenvalue weighted by Crippen LogP contribution is 2.38. The fourth-order valence-corrected chi connectivity index (χ4v) is 4.41. The largest absolute Gasteiger partial charge is 0.330 e. The lowest BCUT2D eigenvalue weighted by Crippen LogP contribution is -2.55. The van der Waals surface area contributed by atoms with Crippen molar-refractivity contribution in [2.24, 2.45) is 5.92 Å². The van der Waals surface area contributed by atoms with Crippen LogP contribution in [0.2, 0.25) is 0 Å². The Balaban J connectivity index is 1.70. The number of sulfonamides is 1. The summed E-state index contributed by atoms with van der Waals surface area (Å²) >= 11 is 0. The molecule has 2 atom stereocenters. The van der Waals surface area contributed by atoms with E-state index in [0.717, 1.165) is 31.4 Å². The highest BCUT2D eigenvalue weighted by Gasteiger charge is 2.47. The minimum Gasteiger partial charge on any atom is -0.330 e. The molecule has 2 unspecified atom stereocenters. The minimum atomic E-state index is -3.83. The quantitative estimate of drug-likeness (QED) is 0.778. The van der Waals surface area contributed by atoms with Crippen molar-refractivity contribution in [1.29, 1.82) is 0 Å². The van der Waals surface area contributed by atoms with Crippen molar-refractivity contribution in [2.75, 3.05) is 13.1 Å². The number of carbonyl (C=O) groups is 1. The zero-order chi connectivity index (χ0) is 15.8. The maximum atomic E-state index is 12.2. The molecule has 3 rings (SSSR count). The van der Waals surface area contributed by atoms with Gasteiger partial charge in [-0.1, -0.05) is 24.1 Å². The number of carbonyl (C=O) groups excluding carboxylic acids is 1. The molecule has 1 aliphatic heterocycles. The Bertz CT molecular complexity index is 660. The second-order valence-electron chi connectivity index (χ2n) is 6.25. The van der Waals surface area contributed by atoms with Crippen molar-refractivity contribution in [3.05, 3.63) is 29.8 Å². The van der Waals surface area contributed by atoms with Gasteiger partial charge in [0, 0.05) is 13.1 Å². The Morgan fingerprint density at radius 3 is 2.77 bits per heavy atom. The van der Waals surface area contributed by atoms with Crippen LogP contribution in [0.15, 0.2) is 29.2 Å². The van der Waals surface area contributed by atoms with E-state index in [0.29, 0.717) is 12.5 Å². The zero-order valence-corrected chi connectivity index (χ0v) is 13.4. The maximum Gasteiger partial charge on any atom is 0.329 e. The van der Waals surface area contributed by atoms with Gasteiger partial charge < -0.3 is 10.6 Å². The number of hydrogen-bond donors (Lipinski definition) is 3. The second-order valence-corrected chi connectivity index (χ2v) is 7.93. The SMILES string of the molecule is Cc1ccc(S(=O)(=O)NC(=O)NC23CCCC2CNC3)cc1. The number of nitrogens with one attached hydrogen (secondary N) is 3. The molecule has 0 aromatic heterocycles. The van der Waals surface area contributed by atoms with Crippen LogP contribution in [-0.2, 0) is 10.0 Å². The van der Waals surface area contributed by atoms with Crippen molar-refractivity contribution in [3.63, 3.8) is 0 Å². The first-order chi connectivity index (χ1) is 10.4. The summed E-state index contributed by atoms with van der Waals surface area (Å²) in [6, 6.07) is 5.77. The van der Waals surface area contributed by atoms with Gasteiger partial charge in [-0.2, -0.15) is 0 Å². The number of rotatable bonds is 3. The number of fused-ring (bicyclic) bond motifs is 1. The normalized spacial score (nSPS) is 27.4. The fourth-order valence-electron chi connectivity index (χ4n) is 3.50. The molecular weight excluding hydrogens is 302 g/mol. The first kappa shape index (κ1) is 15.3. The van der Waals surface area contributed by atoms with Crippen molar-refractivity contribution < 1.29 is 13.2 Å². The van der Waals surface area contributed by atoms with E-state index < -0.39 is 16.1 Å². The van der Waals surface area contributed by atoms with Gasteiger partial charge in [0.15, 0.2) is 0 Å². The summed E-state index contributed by atoms with van der Waals surface area (Å²) in [5, 5.41) is 6.18. The van der Waals surface area contributed by atoms with Crippen LogP contribution in [-0.4, -0.2) is 33.1 Å². The topological polar surface area (TPSA) is 87.3 Å². The molecule has 2 aliphatic rings. The highest BCUT2D eigenvalue weighted by atomic mass is 32.2. The maximum absolute atomic E-state index is 12.2. The van der Waals surface area contributed by atoms with Crippen LogP contribution < -0.4 is 15.4 Å². The molecule has 2 amide bonds. The van der Waals surface area contributed by atoms with E-state index in [4.69, 9.17) is 0 Å². The third kappa shape index (κ3) is 2.83. The Morgan fingerprint density at radius 1 is 1.32 bits per heavy atom. The number of aryl methyl sites for hydroxylation is 1. The molecule has 1 heterocycles. The van der Waals surface area contributed by atoms with Gasteiger partial charge in [-0.05, 0) is 37.8 Å². The van der Waals surface area contributed by atoms with E-state index in [1.807, 2.05) is 6.92 Å². The first-order valence-corrected chi connectivity index (χ1v) is 9.02. The summed E-state index contributed by atoms with van der Waals surface area (Å²) in [6.45, 7) is 3.46. The van der Waals surface area contributed by atoms with Gasteiger partial charge in [0.05, 0.1) is 10.4 Å². The molecule has 1 aliphatic carbocycles. The number of hydrogen-bond acceptors (Lipinski definition) is 4. The van der Waals surface area contributed by atoms with Gasteiger partial charge in [0.1, 0.15) is 0 Å². The number of amides is 2. The van der Waals surface area contributed by atoms with E-state index in [1.54, 1.807) is 12.1 Å². The van der Waals surface area contributed by atoms with Gasteiger partial charge >= 0.3 is 6.03 Å². The fraction of sp³-hybridized carbons (Fsp3) is 0.533. The Morgan fingerprint density at radius 2 is 2.05 bits per heavy atom. The monoisotopic (exact) mass is 323 g/mol. The lowest BCUT2D eigenvalue weighted by molar-refractivity contribution is 0.226. The summed E-state index contributed by atoms with van der Waals surface area (Å²) < 4.78 is 26.6. The van der Waals surface area contributed by atoms with E-state index in [1.165, 1.54) is 12.1 Å². The van der Waals surface area contributed by atoms with Gasteiger partial charge in [-0.15, -0.1) is 0 Å². The third-order valence-electron chi connectivity index (χ3n) is 4.71. The van der Waals surface area contributed by atoms with E-state index in [-0.39, 0.29) is 10.4 Å². The molecule has 0 spiro atoms. The molecule has 22 heavy (non-hydrogen) atoms. The Hall–Kier alpha value is -1.60. The Kier molecular flexibility index (Phi) is 3.86. The first-order valence-electron chi connectivity index (χ1n) is 7.54. The lowest BCUT2D eigenvalue weighted by Gasteiger charge is -2.29. The average molecular weight is 323 g/mol. The molecule has 1 aromatic rings. The van der Waals surface area contributed by atoms with Crippen LogP contribution >= 0.6 is 0 Å². The summed E-state index contributed by atoms with van der Waals surface area (Å²) in [5.41, 5.74) is 0.667. The molecule has 2 fully saturated rings. The molecule has 0 radical (unpaired) electrons. The van der Waals surface area contributed by atoms with Gasteiger partial charge in [-0.25, -0.2) is 17.9 Å². The molecule has 1 aromatic carbocycles. The molecule has 7 heteroatoms. The van der Waals surface area contributed by atoms with E-state index in [2.05, 4.69) is 15.4 Å². The minimum absolute atomic E-state index is 0.0956. The molecule has 120 valence electrons. The average Bonchev–Trinajstić information content (AvgIpc) is 2.97. The summed E-state index contributed by atoms with van der Waals surface area (Å²) in [5.74, 6) is 0.389. The summed E-state index contributed by atoms with van der Waals surface area (Å²) in [6.07, 6.45) is 3.03. The standard InChI is InChI=1S/C15H21N3O3S/c1-11-4-6-13(7-5-11)22(20,21)18-14(19)17-15-8-2-3-12(15)9-16-10-15/h4-7,12,16H,2-3,8-10H2,1H3,(H2,17,18,19). The highest BCUT2D eigenvalue weighted by molar-refractivity contribution is 7.90.